The van der Waals surface area contributed by atoms with E-state index in [1.807, 2.05) is 13.0 Å². The first-order chi connectivity index (χ1) is 7.69. The summed E-state index contributed by atoms with van der Waals surface area (Å²) in [5.41, 5.74) is 1.58. The summed E-state index contributed by atoms with van der Waals surface area (Å²) in [4.78, 5) is 7.30. The van der Waals surface area contributed by atoms with Gasteiger partial charge >= 0.3 is 0 Å². The molecular formula is C12H11FN2S. The Bertz CT molecular complexity index is 563. The van der Waals surface area contributed by atoms with Crippen LogP contribution in [0.5, 0.6) is 0 Å². The molecule has 1 aromatic heterocycles. The van der Waals surface area contributed by atoms with Gasteiger partial charge in [-0.05, 0) is 18.2 Å². The van der Waals surface area contributed by atoms with E-state index in [1.165, 1.54) is 12.1 Å². The summed E-state index contributed by atoms with van der Waals surface area (Å²) in [6, 6.07) is 8.14. The lowest BCUT2D eigenvalue weighted by Gasteiger charge is -2.04. The van der Waals surface area contributed by atoms with Crippen molar-refractivity contribution in [1.82, 2.24) is 9.97 Å². The molecule has 0 fully saturated rings. The van der Waals surface area contributed by atoms with Crippen LogP contribution in [0.15, 0.2) is 30.3 Å². The molecule has 0 aliphatic rings. The summed E-state index contributed by atoms with van der Waals surface area (Å²) in [5, 5.41) is 0. The number of halogens is 1. The summed E-state index contributed by atoms with van der Waals surface area (Å²) in [7, 11) is 0. The molecule has 2 nitrogen and oxygen atoms in total. The fraction of sp³-hybridized carbons (Fsp3) is 0.167. The molecule has 1 N–H and O–H groups in total. The molecule has 16 heavy (non-hydrogen) atoms. The van der Waals surface area contributed by atoms with E-state index in [2.05, 4.69) is 9.97 Å². The van der Waals surface area contributed by atoms with Crippen molar-refractivity contribution >= 4 is 12.2 Å². The van der Waals surface area contributed by atoms with Crippen LogP contribution in [-0.4, -0.2) is 9.97 Å². The predicted octanol–water partition coefficient (Wildman–Crippen LogP) is 3.51. The molecule has 0 bridgehead atoms. The number of H-pyrrole nitrogens is 1. The summed E-state index contributed by atoms with van der Waals surface area (Å²) in [6.07, 6.45) is 0.771. The third kappa shape index (κ3) is 2.33. The molecule has 0 radical (unpaired) electrons. The normalized spacial score (nSPS) is 10.4. The number of aryl methyl sites for hydroxylation is 1. The Balaban J connectivity index is 2.55. The quantitative estimate of drug-likeness (QED) is 0.805. The highest BCUT2D eigenvalue weighted by Gasteiger charge is 2.01. The number of aromatic nitrogens is 2. The standard InChI is InChI=1S/C12H11FN2S/c1-2-11-14-10(7-12(16)15-11)8-4-3-5-9(13)6-8/h3-7H,2H2,1H3,(H,14,15,16). The largest absolute Gasteiger partial charge is 0.343 e. The summed E-state index contributed by atoms with van der Waals surface area (Å²) in [6.45, 7) is 1.99. The first-order valence-electron chi connectivity index (χ1n) is 5.05. The second kappa shape index (κ2) is 4.53. The molecule has 4 heteroatoms. The van der Waals surface area contributed by atoms with Crippen molar-refractivity contribution < 1.29 is 4.39 Å². The van der Waals surface area contributed by atoms with E-state index in [0.29, 0.717) is 4.64 Å². The van der Waals surface area contributed by atoms with Gasteiger partial charge in [0.1, 0.15) is 16.3 Å². The van der Waals surface area contributed by atoms with E-state index in [1.54, 1.807) is 12.1 Å². The molecular weight excluding hydrogens is 223 g/mol. The maximum atomic E-state index is 13.1. The van der Waals surface area contributed by atoms with Gasteiger partial charge in [-0.1, -0.05) is 31.3 Å². The number of hydrogen-bond donors (Lipinski definition) is 1. The van der Waals surface area contributed by atoms with Crippen molar-refractivity contribution in [3.8, 4) is 11.3 Å². The molecule has 82 valence electrons. The second-order valence-corrected chi connectivity index (χ2v) is 3.86. The van der Waals surface area contributed by atoms with Crippen LogP contribution in [0.1, 0.15) is 12.7 Å². The van der Waals surface area contributed by atoms with Crippen molar-refractivity contribution in [2.45, 2.75) is 13.3 Å². The van der Waals surface area contributed by atoms with Crippen LogP contribution in [-0.2, 0) is 6.42 Å². The van der Waals surface area contributed by atoms with Gasteiger partial charge in [0.25, 0.3) is 0 Å². The molecule has 0 unspecified atom stereocenters. The third-order valence-corrected chi connectivity index (χ3v) is 2.47. The fourth-order valence-electron chi connectivity index (χ4n) is 1.49. The molecule has 0 atom stereocenters. The maximum absolute atomic E-state index is 13.1. The van der Waals surface area contributed by atoms with Crippen LogP contribution in [0.3, 0.4) is 0 Å². The van der Waals surface area contributed by atoms with Crippen LogP contribution in [0.25, 0.3) is 11.3 Å². The summed E-state index contributed by atoms with van der Waals surface area (Å²) < 4.78 is 13.6. The van der Waals surface area contributed by atoms with Gasteiger partial charge in [0, 0.05) is 17.7 Å². The fourth-order valence-corrected chi connectivity index (χ4v) is 1.72. The average molecular weight is 234 g/mol. The number of rotatable bonds is 2. The van der Waals surface area contributed by atoms with E-state index in [0.717, 1.165) is 23.5 Å². The average Bonchev–Trinajstić information content (AvgIpc) is 2.28. The van der Waals surface area contributed by atoms with Gasteiger partial charge in [-0.25, -0.2) is 9.37 Å². The highest BCUT2D eigenvalue weighted by atomic mass is 32.1. The van der Waals surface area contributed by atoms with Crippen molar-refractivity contribution in [3.05, 3.63) is 46.6 Å². The molecule has 0 saturated carbocycles. The summed E-state index contributed by atoms with van der Waals surface area (Å²) >= 11 is 5.06. The van der Waals surface area contributed by atoms with E-state index >= 15 is 0 Å². The van der Waals surface area contributed by atoms with Gasteiger partial charge in [-0.2, -0.15) is 0 Å². The Morgan fingerprint density at radius 3 is 2.88 bits per heavy atom. The molecule has 0 aliphatic heterocycles. The van der Waals surface area contributed by atoms with E-state index in [9.17, 15) is 4.39 Å². The maximum Gasteiger partial charge on any atom is 0.130 e. The Kier molecular flexibility index (Phi) is 3.10. The van der Waals surface area contributed by atoms with Crippen LogP contribution in [0.2, 0.25) is 0 Å². The summed E-state index contributed by atoms with van der Waals surface area (Å²) in [5.74, 6) is 0.554. The number of benzene rings is 1. The lowest BCUT2D eigenvalue weighted by molar-refractivity contribution is 0.628. The molecule has 0 saturated heterocycles. The van der Waals surface area contributed by atoms with E-state index in [-0.39, 0.29) is 5.82 Å². The first-order valence-corrected chi connectivity index (χ1v) is 5.46. The molecule has 1 heterocycles. The van der Waals surface area contributed by atoms with Crippen LogP contribution in [0.4, 0.5) is 4.39 Å². The highest BCUT2D eigenvalue weighted by molar-refractivity contribution is 7.71. The van der Waals surface area contributed by atoms with Gasteiger partial charge in [-0.3, -0.25) is 0 Å². The van der Waals surface area contributed by atoms with Gasteiger partial charge < -0.3 is 4.98 Å². The molecule has 2 rings (SSSR count). The lowest BCUT2D eigenvalue weighted by atomic mass is 10.1. The van der Waals surface area contributed by atoms with E-state index in [4.69, 9.17) is 12.2 Å². The van der Waals surface area contributed by atoms with Crippen LogP contribution < -0.4 is 0 Å². The van der Waals surface area contributed by atoms with Gasteiger partial charge in [0.15, 0.2) is 0 Å². The number of hydrogen-bond acceptors (Lipinski definition) is 2. The van der Waals surface area contributed by atoms with E-state index < -0.39 is 0 Å². The molecule has 0 aliphatic carbocycles. The topological polar surface area (TPSA) is 28.7 Å². The minimum absolute atomic E-state index is 0.258. The molecule has 0 amide bonds. The molecule has 2 aromatic rings. The number of nitrogens with zero attached hydrogens (tertiary/aromatic N) is 1. The van der Waals surface area contributed by atoms with Gasteiger partial charge in [0.2, 0.25) is 0 Å². The number of nitrogens with one attached hydrogen (secondary N) is 1. The first kappa shape index (κ1) is 11.0. The monoisotopic (exact) mass is 234 g/mol. The Morgan fingerprint density at radius 1 is 1.38 bits per heavy atom. The zero-order valence-corrected chi connectivity index (χ0v) is 9.64. The van der Waals surface area contributed by atoms with Crippen molar-refractivity contribution in [1.29, 1.82) is 0 Å². The SMILES string of the molecule is CCc1nc(=S)cc(-c2cccc(F)c2)[nH]1. The van der Waals surface area contributed by atoms with Crippen LogP contribution in [0, 0.1) is 10.5 Å². The Hall–Kier alpha value is -1.55. The minimum atomic E-state index is -0.258. The second-order valence-electron chi connectivity index (χ2n) is 3.44. The zero-order chi connectivity index (χ0) is 11.5. The highest BCUT2D eigenvalue weighted by Crippen LogP contribution is 2.17. The Morgan fingerprint density at radius 2 is 2.19 bits per heavy atom. The van der Waals surface area contributed by atoms with Gasteiger partial charge in [0.05, 0.1) is 0 Å². The zero-order valence-electron chi connectivity index (χ0n) is 8.83. The minimum Gasteiger partial charge on any atom is -0.343 e. The van der Waals surface area contributed by atoms with Crippen molar-refractivity contribution in [3.63, 3.8) is 0 Å². The molecule has 1 aromatic carbocycles. The Labute approximate surface area is 98.2 Å². The van der Waals surface area contributed by atoms with Crippen molar-refractivity contribution in [2.75, 3.05) is 0 Å². The lowest BCUT2D eigenvalue weighted by Crippen LogP contribution is -1.95. The number of aromatic amines is 1. The van der Waals surface area contributed by atoms with Crippen molar-refractivity contribution in [2.24, 2.45) is 0 Å². The molecule has 0 spiro atoms. The third-order valence-electron chi connectivity index (χ3n) is 2.26. The van der Waals surface area contributed by atoms with Crippen LogP contribution >= 0.6 is 12.2 Å². The van der Waals surface area contributed by atoms with Gasteiger partial charge in [-0.15, -0.1) is 0 Å². The predicted molar refractivity (Wildman–Crippen MR) is 64.2 cm³/mol. The smallest absolute Gasteiger partial charge is 0.130 e.